The van der Waals surface area contributed by atoms with Gasteiger partial charge >= 0.3 is 0 Å². The van der Waals surface area contributed by atoms with E-state index in [1.54, 1.807) is 34.9 Å². The maximum atomic E-state index is 14.0. The Balaban J connectivity index is 1.98. The van der Waals surface area contributed by atoms with Gasteiger partial charge in [0.25, 0.3) is 5.91 Å². The molecule has 10 heteroatoms. The number of hydrogen-bond donors (Lipinski definition) is 0. The zero-order chi connectivity index (χ0) is 28.1. The Kier molecular flexibility index (Phi) is 8.26. The molecule has 1 heterocycles. The topological polar surface area (TPSA) is 79.2 Å². The summed E-state index contributed by atoms with van der Waals surface area (Å²) in [5.74, 6) is -1.13. The number of anilines is 1. The number of pyridine rings is 1. The first-order valence-electron chi connectivity index (χ1n) is 11.7. The molecule has 4 aromatic rings. The SMILES string of the molecule is C=CCN(C(=O)c1cn(-c2cc(OC)cc(OC)c2)c2cc(OCOC)ccc2c1=O)c1cc(F)cc(F)c1. The summed E-state index contributed by atoms with van der Waals surface area (Å²) in [5.41, 5.74) is 0.0651. The lowest BCUT2D eigenvalue weighted by atomic mass is 10.1. The van der Waals surface area contributed by atoms with Gasteiger partial charge in [-0.3, -0.25) is 9.59 Å². The van der Waals surface area contributed by atoms with Crippen LogP contribution in [0.25, 0.3) is 16.6 Å². The molecular formula is C29H26F2N2O6. The van der Waals surface area contributed by atoms with Gasteiger partial charge in [-0.15, -0.1) is 6.58 Å². The molecule has 1 aromatic heterocycles. The molecule has 8 nitrogen and oxygen atoms in total. The molecule has 1 amide bonds. The summed E-state index contributed by atoms with van der Waals surface area (Å²) >= 11 is 0. The molecule has 0 radical (unpaired) electrons. The second-order valence-electron chi connectivity index (χ2n) is 8.37. The first-order chi connectivity index (χ1) is 18.8. The maximum Gasteiger partial charge on any atom is 0.264 e. The van der Waals surface area contributed by atoms with Crippen molar-refractivity contribution in [3.8, 4) is 22.9 Å². The van der Waals surface area contributed by atoms with E-state index in [0.29, 0.717) is 34.5 Å². The average Bonchev–Trinajstić information content (AvgIpc) is 2.93. The Morgan fingerprint density at radius 3 is 2.21 bits per heavy atom. The third kappa shape index (κ3) is 5.75. The molecule has 0 aliphatic rings. The predicted octanol–water partition coefficient (Wildman–Crippen LogP) is 5.10. The van der Waals surface area contributed by atoms with Crippen LogP contribution in [0.15, 0.2) is 78.2 Å². The van der Waals surface area contributed by atoms with Crippen LogP contribution in [0.4, 0.5) is 14.5 Å². The first-order valence-corrected chi connectivity index (χ1v) is 11.7. The summed E-state index contributed by atoms with van der Waals surface area (Å²) in [4.78, 5) is 28.5. The van der Waals surface area contributed by atoms with Crippen molar-refractivity contribution in [2.45, 2.75) is 0 Å². The Hall–Kier alpha value is -4.70. The number of fused-ring (bicyclic) bond motifs is 1. The normalized spacial score (nSPS) is 10.8. The summed E-state index contributed by atoms with van der Waals surface area (Å²) in [5, 5.41) is 0.205. The first kappa shape index (κ1) is 27.3. The fourth-order valence-corrected chi connectivity index (χ4v) is 4.09. The van der Waals surface area contributed by atoms with E-state index in [9.17, 15) is 18.4 Å². The molecular weight excluding hydrogens is 510 g/mol. The molecule has 0 aliphatic heterocycles. The van der Waals surface area contributed by atoms with Gasteiger partial charge in [0.05, 0.1) is 31.1 Å². The van der Waals surface area contributed by atoms with Crippen LogP contribution >= 0.6 is 0 Å². The van der Waals surface area contributed by atoms with Crippen molar-refractivity contribution in [3.63, 3.8) is 0 Å². The van der Waals surface area contributed by atoms with Gasteiger partial charge in [-0.2, -0.15) is 0 Å². The molecule has 0 atom stereocenters. The second kappa shape index (κ2) is 11.8. The molecule has 0 saturated heterocycles. The van der Waals surface area contributed by atoms with E-state index in [0.717, 1.165) is 17.0 Å². The van der Waals surface area contributed by atoms with Gasteiger partial charge in [0.2, 0.25) is 5.43 Å². The third-order valence-corrected chi connectivity index (χ3v) is 5.88. The minimum atomic E-state index is -0.866. The predicted molar refractivity (Wildman–Crippen MR) is 143 cm³/mol. The number of hydrogen-bond acceptors (Lipinski definition) is 6. The van der Waals surface area contributed by atoms with E-state index in [1.807, 2.05) is 0 Å². The van der Waals surface area contributed by atoms with E-state index >= 15 is 0 Å². The minimum absolute atomic E-state index is 0.0139. The molecule has 0 fully saturated rings. The minimum Gasteiger partial charge on any atom is -0.497 e. The highest BCUT2D eigenvalue weighted by Gasteiger charge is 2.24. The molecule has 3 aromatic carbocycles. The van der Waals surface area contributed by atoms with Crippen molar-refractivity contribution in [2.75, 3.05) is 39.6 Å². The number of nitrogens with zero attached hydrogens (tertiary/aromatic N) is 2. The second-order valence-corrected chi connectivity index (χ2v) is 8.37. The van der Waals surface area contributed by atoms with Crippen molar-refractivity contribution in [1.82, 2.24) is 4.57 Å². The molecule has 0 N–H and O–H groups in total. The van der Waals surface area contributed by atoms with Crippen molar-refractivity contribution in [2.24, 2.45) is 0 Å². The van der Waals surface area contributed by atoms with Crippen LogP contribution in [0, 0.1) is 11.6 Å². The number of carbonyl (C=O) groups excluding carboxylic acids is 1. The standard InChI is InChI=1S/C29H26F2N2O6/c1-5-8-32(20-10-18(30)9-19(31)11-20)29(35)26-16-33(21-12-23(37-3)14-24(13-21)38-4)27-15-22(39-17-36-2)6-7-25(27)28(26)34/h5-7,9-16H,1,8,17H2,2-4H3. The fourth-order valence-electron chi connectivity index (χ4n) is 4.09. The Bertz CT molecular complexity index is 1560. The van der Waals surface area contributed by atoms with Crippen LogP contribution < -0.4 is 24.5 Å². The van der Waals surface area contributed by atoms with Crippen LogP contribution in [0.5, 0.6) is 17.2 Å². The van der Waals surface area contributed by atoms with Crippen molar-refractivity contribution >= 4 is 22.5 Å². The highest BCUT2D eigenvalue weighted by atomic mass is 19.1. The van der Waals surface area contributed by atoms with Crippen LogP contribution in [-0.4, -0.2) is 45.1 Å². The van der Waals surface area contributed by atoms with Gasteiger partial charge in [0, 0.05) is 55.6 Å². The van der Waals surface area contributed by atoms with E-state index < -0.39 is 23.0 Å². The van der Waals surface area contributed by atoms with Crippen LogP contribution in [0.1, 0.15) is 10.4 Å². The number of amides is 1. The van der Waals surface area contributed by atoms with Gasteiger partial charge < -0.3 is 28.4 Å². The summed E-state index contributed by atoms with van der Waals surface area (Å²) < 4.78 is 51.0. The van der Waals surface area contributed by atoms with Crippen molar-refractivity contribution < 1.29 is 32.5 Å². The van der Waals surface area contributed by atoms with Gasteiger partial charge in [-0.25, -0.2) is 8.78 Å². The van der Waals surface area contributed by atoms with Gasteiger partial charge in [0.1, 0.15) is 34.4 Å². The number of benzene rings is 3. The monoisotopic (exact) mass is 536 g/mol. The van der Waals surface area contributed by atoms with Gasteiger partial charge in [0.15, 0.2) is 6.79 Å². The summed E-state index contributed by atoms with van der Waals surface area (Å²) in [6, 6.07) is 12.6. The molecule has 0 saturated carbocycles. The molecule has 0 unspecified atom stereocenters. The van der Waals surface area contributed by atoms with E-state index in [-0.39, 0.29) is 30.0 Å². The lowest BCUT2D eigenvalue weighted by Gasteiger charge is -2.23. The zero-order valence-electron chi connectivity index (χ0n) is 21.6. The number of halogens is 2. The van der Waals surface area contributed by atoms with Crippen LogP contribution in [-0.2, 0) is 4.74 Å². The van der Waals surface area contributed by atoms with E-state index in [1.165, 1.54) is 39.7 Å². The highest BCUT2D eigenvalue weighted by Crippen LogP contribution is 2.29. The smallest absolute Gasteiger partial charge is 0.264 e. The number of aromatic nitrogens is 1. The molecule has 0 bridgehead atoms. The molecule has 4 rings (SSSR count). The van der Waals surface area contributed by atoms with E-state index in [2.05, 4.69) is 6.58 Å². The molecule has 0 aliphatic carbocycles. The lowest BCUT2D eigenvalue weighted by molar-refractivity contribution is 0.0512. The van der Waals surface area contributed by atoms with Crippen LogP contribution in [0.2, 0.25) is 0 Å². The zero-order valence-corrected chi connectivity index (χ0v) is 21.6. The summed E-state index contributed by atoms with van der Waals surface area (Å²) in [6.07, 6.45) is 2.76. The number of carbonyl (C=O) groups is 1. The average molecular weight is 537 g/mol. The highest BCUT2D eigenvalue weighted by molar-refractivity contribution is 6.07. The van der Waals surface area contributed by atoms with Crippen molar-refractivity contribution in [1.29, 1.82) is 0 Å². The number of ether oxygens (including phenoxy) is 4. The maximum absolute atomic E-state index is 14.0. The van der Waals surface area contributed by atoms with Gasteiger partial charge in [-0.05, 0) is 24.3 Å². The molecule has 0 spiro atoms. The lowest BCUT2D eigenvalue weighted by Crippen LogP contribution is -2.35. The Morgan fingerprint density at radius 1 is 0.949 bits per heavy atom. The van der Waals surface area contributed by atoms with E-state index in [4.69, 9.17) is 18.9 Å². The Labute approximate surface area is 223 Å². The fraction of sp³-hybridized carbons (Fsp3) is 0.172. The molecule has 39 heavy (non-hydrogen) atoms. The summed E-state index contributed by atoms with van der Waals surface area (Å²) in [7, 11) is 4.48. The summed E-state index contributed by atoms with van der Waals surface area (Å²) in [6.45, 7) is 3.53. The number of rotatable bonds is 10. The quantitative estimate of drug-likeness (QED) is 0.207. The van der Waals surface area contributed by atoms with Crippen molar-refractivity contribution in [3.05, 3.63) is 101 Å². The molecule has 202 valence electrons. The van der Waals surface area contributed by atoms with Crippen LogP contribution in [0.3, 0.4) is 0 Å². The Morgan fingerprint density at radius 2 is 1.62 bits per heavy atom. The third-order valence-electron chi connectivity index (χ3n) is 5.88. The van der Waals surface area contributed by atoms with Gasteiger partial charge in [-0.1, -0.05) is 6.08 Å². The largest absolute Gasteiger partial charge is 0.497 e. The number of methoxy groups -OCH3 is 3.